The van der Waals surface area contributed by atoms with Gasteiger partial charge in [0.2, 0.25) is 0 Å². The van der Waals surface area contributed by atoms with Crippen molar-refractivity contribution in [1.82, 2.24) is 15.2 Å². The van der Waals surface area contributed by atoms with E-state index in [-0.39, 0.29) is 11.7 Å². The first-order chi connectivity index (χ1) is 13.6. The van der Waals surface area contributed by atoms with E-state index in [9.17, 15) is 9.18 Å². The van der Waals surface area contributed by atoms with Crippen molar-refractivity contribution in [3.8, 4) is 0 Å². The molecule has 2 heterocycles. The lowest BCUT2D eigenvalue weighted by Crippen LogP contribution is -2.48. The quantitative estimate of drug-likeness (QED) is 0.534. The molecule has 146 valence electrons. The standard InChI is InChI=1S/C20H20FIN4OS/c21-14-5-6-17-18(13-14)28-20(24-17)26-11-9-25(10-12-26)8-7-23-19(27)15-3-1-2-4-16(15)22/h1-6,13H,7-12H2,(H,23,27). The molecule has 1 amide bonds. The topological polar surface area (TPSA) is 48.5 Å². The number of thiazole rings is 1. The van der Waals surface area contributed by atoms with Crippen molar-refractivity contribution in [3.05, 3.63) is 57.4 Å². The van der Waals surface area contributed by atoms with Crippen LogP contribution < -0.4 is 10.2 Å². The van der Waals surface area contributed by atoms with Gasteiger partial charge in [0, 0.05) is 42.8 Å². The Balaban J connectivity index is 1.26. The van der Waals surface area contributed by atoms with E-state index in [1.54, 1.807) is 12.1 Å². The number of halogens is 2. The zero-order valence-electron chi connectivity index (χ0n) is 15.2. The summed E-state index contributed by atoms with van der Waals surface area (Å²) in [6.45, 7) is 5.06. The van der Waals surface area contributed by atoms with Crippen LogP contribution in [0.1, 0.15) is 10.4 Å². The van der Waals surface area contributed by atoms with Crippen LogP contribution in [0, 0.1) is 9.39 Å². The minimum Gasteiger partial charge on any atom is -0.351 e. The smallest absolute Gasteiger partial charge is 0.252 e. The van der Waals surface area contributed by atoms with Crippen LogP contribution in [0.4, 0.5) is 9.52 Å². The van der Waals surface area contributed by atoms with Crippen molar-refractivity contribution in [2.75, 3.05) is 44.2 Å². The molecule has 1 aromatic heterocycles. The number of amides is 1. The molecule has 2 aromatic carbocycles. The number of anilines is 1. The van der Waals surface area contributed by atoms with Gasteiger partial charge >= 0.3 is 0 Å². The molecule has 8 heteroatoms. The summed E-state index contributed by atoms with van der Waals surface area (Å²) >= 11 is 3.72. The van der Waals surface area contributed by atoms with Crippen molar-refractivity contribution in [3.63, 3.8) is 0 Å². The number of nitrogens with zero attached hydrogens (tertiary/aromatic N) is 3. The van der Waals surface area contributed by atoms with Crippen LogP contribution in [0.15, 0.2) is 42.5 Å². The molecular formula is C20H20FIN4OS. The molecule has 1 saturated heterocycles. The highest BCUT2D eigenvalue weighted by Crippen LogP contribution is 2.29. The molecule has 1 fully saturated rings. The van der Waals surface area contributed by atoms with Gasteiger partial charge in [-0.3, -0.25) is 9.69 Å². The molecule has 0 spiro atoms. The van der Waals surface area contributed by atoms with E-state index < -0.39 is 0 Å². The van der Waals surface area contributed by atoms with E-state index in [1.807, 2.05) is 24.3 Å². The van der Waals surface area contributed by atoms with Gasteiger partial charge in [-0.1, -0.05) is 23.5 Å². The molecule has 1 aliphatic rings. The Bertz CT molecular complexity index is 987. The van der Waals surface area contributed by atoms with E-state index in [2.05, 4.69) is 42.7 Å². The normalized spacial score (nSPS) is 15.1. The second-order valence-electron chi connectivity index (χ2n) is 6.67. The van der Waals surface area contributed by atoms with Crippen molar-refractivity contribution in [2.24, 2.45) is 0 Å². The number of carbonyl (C=O) groups is 1. The highest BCUT2D eigenvalue weighted by molar-refractivity contribution is 14.1. The predicted molar refractivity (Wildman–Crippen MR) is 120 cm³/mol. The fourth-order valence-corrected chi connectivity index (χ4v) is 4.93. The highest BCUT2D eigenvalue weighted by Gasteiger charge is 2.20. The molecule has 1 aliphatic heterocycles. The monoisotopic (exact) mass is 510 g/mol. The van der Waals surface area contributed by atoms with Crippen LogP contribution >= 0.6 is 33.9 Å². The molecule has 28 heavy (non-hydrogen) atoms. The molecule has 0 radical (unpaired) electrons. The van der Waals surface area contributed by atoms with Crippen LogP contribution in [0.2, 0.25) is 0 Å². The number of piperazine rings is 1. The van der Waals surface area contributed by atoms with Crippen molar-refractivity contribution in [1.29, 1.82) is 0 Å². The SMILES string of the molecule is O=C(NCCN1CCN(c2nc3ccc(F)cc3s2)CC1)c1ccccc1I. The molecule has 0 saturated carbocycles. The second-order valence-corrected chi connectivity index (χ2v) is 8.84. The maximum Gasteiger partial charge on any atom is 0.252 e. The maximum atomic E-state index is 13.4. The van der Waals surface area contributed by atoms with E-state index in [4.69, 9.17) is 0 Å². The first kappa shape index (κ1) is 19.5. The van der Waals surface area contributed by atoms with Gasteiger partial charge in [0.05, 0.1) is 15.8 Å². The van der Waals surface area contributed by atoms with Crippen molar-refractivity contribution in [2.45, 2.75) is 0 Å². The van der Waals surface area contributed by atoms with Gasteiger partial charge in [-0.2, -0.15) is 0 Å². The number of fused-ring (bicyclic) bond motifs is 1. The Morgan fingerprint density at radius 1 is 1.18 bits per heavy atom. The zero-order chi connectivity index (χ0) is 19.5. The zero-order valence-corrected chi connectivity index (χ0v) is 18.2. The first-order valence-corrected chi connectivity index (χ1v) is 11.1. The third kappa shape index (κ3) is 4.44. The Morgan fingerprint density at radius 3 is 2.75 bits per heavy atom. The second kappa shape index (κ2) is 8.71. The van der Waals surface area contributed by atoms with E-state index in [0.29, 0.717) is 6.54 Å². The molecule has 0 aliphatic carbocycles. The molecule has 0 atom stereocenters. The maximum absolute atomic E-state index is 13.4. The molecule has 0 unspecified atom stereocenters. The van der Waals surface area contributed by atoms with Gasteiger partial charge in [-0.05, 0) is 52.9 Å². The van der Waals surface area contributed by atoms with Gasteiger partial charge in [0.15, 0.2) is 5.13 Å². The molecule has 4 rings (SSSR count). The minimum atomic E-state index is -0.222. The van der Waals surface area contributed by atoms with Crippen molar-refractivity contribution < 1.29 is 9.18 Å². The summed E-state index contributed by atoms with van der Waals surface area (Å²) in [5.41, 5.74) is 1.57. The number of benzene rings is 2. The summed E-state index contributed by atoms with van der Waals surface area (Å²) < 4.78 is 15.2. The Kier molecular flexibility index (Phi) is 6.07. The summed E-state index contributed by atoms with van der Waals surface area (Å²) in [5.74, 6) is -0.245. The van der Waals surface area contributed by atoms with E-state index in [0.717, 1.165) is 57.2 Å². The van der Waals surface area contributed by atoms with Crippen LogP contribution in [0.25, 0.3) is 10.2 Å². The number of aromatic nitrogens is 1. The summed E-state index contributed by atoms with van der Waals surface area (Å²) in [6.07, 6.45) is 0. The molecule has 5 nitrogen and oxygen atoms in total. The molecule has 3 aromatic rings. The van der Waals surface area contributed by atoms with Crippen LogP contribution in [0.5, 0.6) is 0 Å². The number of rotatable bonds is 5. The van der Waals surface area contributed by atoms with Gasteiger partial charge in [-0.15, -0.1) is 0 Å². The molecular weight excluding hydrogens is 490 g/mol. The fraction of sp³-hybridized carbons (Fsp3) is 0.300. The third-order valence-corrected chi connectivity index (χ3v) is 6.83. The number of hydrogen-bond donors (Lipinski definition) is 1. The average Bonchev–Trinajstić information content (AvgIpc) is 3.12. The van der Waals surface area contributed by atoms with Crippen LogP contribution in [0.3, 0.4) is 0 Å². The average molecular weight is 510 g/mol. The summed E-state index contributed by atoms with van der Waals surface area (Å²) in [7, 11) is 0. The Labute approximate surface area is 180 Å². The molecule has 1 N–H and O–H groups in total. The van der Waals surface area contributed by atoms with Gasteiger partial charge in [-0.25, -0.2) is 9.37 Å². The minimum absolute atomic E-state index is 0.0228. The predicted octanol–water partition coefficient (Wildman–Crippen LogP) is 3.59. The van der Waals surface area contributed by atoms with E-state index >= 15 is 0 Å². The third-order valence-electron chi connectivity index (χ3n) is 4.81. The molecule has 0 bridgehead atoms. The van der Waals surface area contributed by atoms with Crippen molar-refractivity contribution >= 4 is 55.2 Å². The first-order valence-electron chi connectivity index (χ1n) is 9.16. The summed E-state index contributed by atoms with van der Waals surface area (Å²) in [5, 5.41) is 3.96. The lowest BCUT2D eigenvalue weighted by molar-refractivity contribution is 0.0947. The van der Waals surface area contributed by atoms with Gasteiger partial charge in [0.25, 0.3) is 5.91 Å². The van der Waals surface area contributed by atoms with Gasteiger partial charge in [0.1, 0.15) is 5.82 Å². The van der Waals surface area contributed by atoms with Crippen LogP contribution in [-0.4, -0.2) is 55.1 Å². The van der Waals surface area contributed by atoms with Gasteiger partial charge < -0.3 is 10.2 Å². The highest BCUT2D eigenvalue weighted by atomic mass is 127. The Hall–Kier alpha value is -1.78. The summed E-state index contributed by atoms with van der Waals surface area (Å²) in [4.78, 5) is 21.5. The van der Waals surface area contributed by atoms with Crippen LogP contribution in [-0.2, 0) is 0 Å². The number of nitrogens with one attached hydrogen (secondary N) is 1. The fourth-order valence-electron chi connectivity index (χ4n) is 3.25. The lowest BCUT2D eigenvalue weighted by Gasteiger charge is -2.34. The number of carbonyl (C=O) groups excluding carboxylic acids is 1. The lowest BCUT2D eigenvalue weighted by atomic mass is 10.2. The largest absolute Gasteiger partial charge is 0.351 e. The van der Waals surface area contributed by atoms with E-state index in [1.165, 1.54) is 17.4 Å². The number of hydrogen-bond acceptors (Lipinski definition) is 5. The summed E-state index contributed by atoms with van der Waals surface area (Å²) in [6, 6.07) is 12.3. The Morgan fingerprint density at radius 2 is 1.96 bits per heavy atom.